The Kier molecular flexibility index (Phi) is 5.72. The summed E-state index contributed by atoms with van der Waals surface area (Å²) in [5.74, 6) is -2.98. The molecule has 0 unspecified atom stereocenters. The Balaban J connectivity index is 1.67. The molecule has 1 aromatic carbocycles. The van der Waals surface area contributed by atoms with E-state index in [-0.39, 0.29) is 24.9 Å². The first-order chi connectivity index (χ1) is 11.0. The number of carbonyl (C=O) groups excluding carboxylic acids is 1. The molecule has 2 amide bonds. The Morgan fingerprint density at radius 2 is 1.96 bits per heavy atom. The fourth-order valence-corrected chi connectivity index (χ4v) is 2.33. The van der Waals surface area contributed by atoms with Crippen molar-refractivity contribution in [3.63, 3.8) is 0 Å². The zero-order valence-electron chi connectivity index (χ0n) is 12.4. The third-order valence-corrected chi connectivity index (χ3v) is 3.67. The van der Waals surface area contributed by atoms with E-state index in [0.29, 0.717) is 25.9 Å². The standard InChI is InChI=1S/C15H18F2N2O4/c16-12-2-1-11(9-13(12)17)23-8-5-18-15(22)19-6-3-10(4-7-19)14(20)21/h1-2,9-10H,3-8H2,(H,18,22)(H,20,21). The van der Waals surface area contributed by atoms with Gasteiger partial charge in [-0.2, -0.15) is 0 Å². The number of amides is 2. The van der Waals surface area contributed by atoms with E-state index in [1.807, 2.05) is 0 Å². The molecular formula is C15H18F2N2O4. The van der Waals surface area contributed by atoms with Crippen LogP contribution in [-0.2, 0) is 4.79 Å². The number of hydrogen-bond acceptors (Lipinski definition) is 3. The van der Waals surface area contributed by atoms with Crippen LogP contribution < -0.4 is 10.1 Å². The van der Waals surface area contributed by atoms with Crippen LogP contribution in [0.15, 0.2) is 18.2 Å². The zero-order chi connectivity index (χ0) is 16.8. The van der Waals surface area contributed by atoms with Gasteiger partial charge in [-0.15, -0.1) is 0 Å². The molecule has 126 valence electrons. The van der Waals surface area contributed by atoms with Gasteiger partial charge in [0.1, 0.15) is 12.4 Å². The van der Waals surface area contributed by atoms with Crippen LogP contribution in [-0.4, -0.2) is 48.2 Å². The second-order valence-corrected chi connectivity index (χ2v) is 5.26. The lowest BCUT2D eigenvalue weighted by Crippen LogP contribution is -2.46. The Bertz CT molecular complexity index is 575. The van der Waals surface area contributed by atoms with Crippen molar-refractivity contribution >= 4 is 12.0 Å². The maximum Gasteiger partial charge on any atom is 0.317 e. The summed E-state index contributed by atoms with van der Waals surface area (Å²) in [5.41, 5.74) is 0. The summed E-state index contributed by atoms with van der Waals surface area (Å²) in [5, 5.41) is 11.5. The van der Waals surface area contributed by atoms with E-state index in [1.54, 1.807) is 4.90 Å². The minimum Gasteiger partial charge on any atom is -0.492 e. The number of rotatable bonds is 5. The van der Waals surface area contributed by atoms with Gasteiger partial charge in [0.2, 0.25) is 0 Å². The van der Waals surface area contributed by atoms with Crippen LogP contribution in [0.5, 0.6) is 5.75 Å². The lowest BCUT2D eigenvalue weighted by atomic mass is 9.97. The molecule has 0 atom stereocenters. The van der Waals surface area contributed by atoms with Crippen molar-refractivity contribution < 1.29 is 28.2 Å². The fraction of sp³-hybridized carbons (Fsp3) is 0.467. The molecule has 1 saturated heterocycles. The SMILES string of the molecule is O=C(O)C1CCN(C(=O)NCCOc2ccc(F)c(F)c2)CC1. The molecule has 23 heavy (non-hydrogen) atoms. The number of urea groups is 1. The number of carboxylic acid groups (broad SMARTS) is 1. The van der Waals surface area contributed by atoms with Crippen molar-refractivity contribution in [1.82, 2.24) is 10.2 Å². The zero-order valence-corrected chi connectivity index (χ0v) is 12.4. The molecule has 0 aromatic heterocycles. The predicted octanol–water partition coefficient (Wildman–Crippen LogP) is 1.85. The van der Waals surface area contributed by atoms with Gasteiger partial charge in [-0.1, -0.05) is 0 Å². The monoisotopic (exact) mass is 328 g/mol. The van der Waals surface area contributed by atoms with Crippen LogP contribution in [0.4, 0.5) is 13.6 Å². The summed E-state index contributed by atoms with van der Waals surface area (Å²) >= 11 is 0. The number of nitrogens with zero attached hydrogens (tertiary/aromatic N) is 1. The van der Waals surface area contributed by atoms with E-state index in [4.69, 9.17) is 9.84 Å². The molecule has 1 aliphatic rings. The van der Waals surface area contributed by atoms with Gasteiger partial charge >= 0.3 is 12.0 Å². The van der Waals surface area contributed by atoms with Crippen molar-refractivity contribution in [3.8, 4) is 5.75 Å². The number of benzene rings is 1. The third kappa shape index (κ3) is 4.80. The van der Waals surface area contributed by atoms with Gasteiger partial charge in [-0.25, -0.2) is 13.6 Å². The highest BCUT2D eigenvalue weighted by Gasteiger charge is 2.26. The first-order valence-corrected chi connectivity index (χ1v) is 7.31. The number of ether oxygens (including phenoxy) is 1. The number of hydrogen-bond donors (Lipinski definition) is 2. The van der Waals surface area contributed by atoms with Crippen molar-refractivity contribution in [1.29, 1.82) is 0 Å². The smallest absolute Gasteiger partial charge is 0.317 e. The summed E-state index contributed by atoms with van der Waals surface area (Å²) in [6, 6.07) is 2.92. The lowest BCUT2D eigenvalue weighted by molar-refractivity contribution is -0.143. The number of aliphatic carboxylic acids is 1. The number of likely N-dealkylation sites (tertiary alicyclic amines) is 1. The maximum absolute atomic E-state index is 13.0. The van der Waals surface area contributed by atoms with E-state index in [2.05, 4.69) is 5.32 Å². The van der Waals surface area contributed by atoms with Gasteiger partial charge in [-0.05, 0) is 25.0 Å². The van der Waals surface area contributed by atoms with Crippen LogP contribution in [0.2, 0.25) is 0 Å². The van der Waals surface area contributed by atoms with Crippen LogP contribution in [0.3, 0.4) is 0 Å². The second kappa shape index (κ2) is 7.75. The molecule has 6 nitrogen and oxygen atoms in total. The number of piperidine rings is 1. The molecule has 2 N–H and O–H groups in total. The van der Waals surface area contributed by atoms with Crippen molar-refractivity contribution in [2.24, 2.45) is 5.92 Å². The van der Waals surface area contributed by atoms with Gasteiger partial charge in [-0.3, -0.25) is 4.79 Å². The molecular weight excluding hydrogens is 310 g/mol. The molecule has 0 saturated carbocycles. The van der Waals surface area contributed by atoms with E-state index >= 15 is 0 Å². The summed E-state index contributed by atoms with van der Waals surface area (Å²) < 4.78 is 30.9. The van der Waals surface area contributed by atoms with Gasteiger partial charge in [0.25, 0.3) is 0 Å². The van der Waals surface area contributed by atoms with Gasteiger partial charge in [0, 0.05) is 19.2 Å². The minimum absolute atomic E-state index is 0.113. The quantitative estimate of drug-likeness (QED) is 0.809. The normalized spacial score (nSPS) is 15.3. The van der Waals surface area contributed by atoms with Crippen molar-refractivity contribution in [2.45, 2.75) is 12.8 Å². The van der Waals surface area contributed by atoms with E-state index in [1.165, 1.54) is 6.07 Å². The van der Waals surface area contributed by atoms with Crippen LogP contribution >= 0.6 is 0 Å². The first kappa shape index (κ1) is 17.0. The molecule has 1 aliphatic heterocycles. The molecule has 2 rings (SSSR count). The summed E-state index contributed by atoms with van der Waals surface area (Å²) in [6.07, 6.45) is 0.877. The molecule has 8 heteroatoms. The molecule has 0 bridgehead atoms. The van der Waals surface area contributed by atoms with Gasteiger partial charge < -0.3 is 20.1 Å². The third-order valence-electron chi connectivity index (χ3n) is 3.67. The molecule has 1 aromatic rings. The minimum atomic E-state index is -0.993. The fourth-order valence-electron chi connectivity index (χ4n) is 2.33. The van der Waals surface area contributed by atoms with E-state index in [9.17, 15) is 18.4 Å². The molecule has 0 radical (unpaired) electrons. The number of carbonyl (C=O) groups is 2. The van der Waals surface area contributed by atoms with Crippen LogP contribution in [0, 0.1) is 17.6 Å². The Morgan fingerprint density at radius 3 is 2.57 bits per heavy atom. The van der Waals surface area contributed by atoms with Crippen LogP contribution in [0.1, 0.15) is 12.8 Å². The largest absolute Gasteiger partial charge is 0.492 e. The van der Waals surface area contributed by atoms with Crippen molar-refractivity contribution in [3.05, 3.63) is 29.8 Å². The number of carboxylic acids is 1. The summed E-state index contributed by atoms with van der Waals surface area (Å²) in [6.45, 7) is 1.11. The average molecular weight is 328 g/mol. The molecule has 0 spiro atoms. The van der Waals surface area contributed by atoms with Gasteiger partial charge in [0.05, 0.1) is 12.5 Å². The second-order valence-electron chi connectivity index (χ2n) is 5.26. The lowest BCUT2D eigenvalue weighted by Gasteiger charge is -2.30. The highest BCUT2D eigenvalue weighted by Crippen LogP contribution is 2.17. The summed E-state index contributed by atoms with van der Waals surface area (Å²) in [7, 11) is 0. The Hall–Kier alpha value is -2.38. The predicted molar refractivity (Wildman–Crippen MR) is 77.2 cm³/mol. The van der Waals surface area contributed by atoms with E-state index in [0.717, 1.165) is 12.1 Å². The first-order valence-electron chi connectivity index (χ1n) is 7.31. The average Bonchev–Trinajstić information content (AvgIpc) is 2.54. The topological polar surface area (TPSA) is 78.9 Å². The Labute approximate surface area is 132 Å². The highest BCUT2D eigenvalue weighted by molar-refractivity contribution is 5.75. The Morgan fingerprint density at radius 1 is 1.26 bits per heavy atom. The number of halogens is 2. The van der Waals surface area contributed by atoms with E-state index < -0.39 is 23.5 Å². The maximum atomic E-state index is 13.0. The van der Waals surface area contributed by atoms with Crippen LogP contribution in [0.25, 0.3) is 0 Å². The number of nitrogens with one attached hydrogen (secondary N) is 1. The summed E-state index contributed by atoms with van der Waals surface area (Å²) in [4.78, 5) is 24.3. The molecule has 1 heterocycles. The molecule has 1 fully saturated rings. The highest BCUT2D eigenvalue weighted by atomic mass is 19.2. The van der Waals surface area contributed by atoms with Gasteiger partial charge in [0.15, 0.2) is 11.6 Å². The van der Waals surface area contributed by atoms with Crippen molar-refractivity contribution in [2.75, 3.05) is 26.2 Å². The molecule has 0 aliphatic carbocycles.